The number of rotatable bonds is 4. The average Bonchev–Trinajstić information content (AvgIpc) is 2.87. The molecule has 1 unspecified atom stereocenters. The van der Waals surface area contributed by atoms with Gasteiger partial charge < -0.3 is 24.6 Å². The van der Waals surface area contributed by atoms with E-state index < -0.39 is 18.2 Å². The number of carbonyl (C=O) groups excluding carboxylic acids is 1. The molecule has 0 aromatic rings. The van der Waals surface area contributed by atoms with Crippen LogP contribution in [0.1, 0.15) is 12.8 Å². The standard InChI is InChI=1S/C11H17NO6/c13-10(8-1-2-9(18-8)11(14)15)12-5-7-6-16-3-4-17-7/h7-9H,1-6H2,(H,12,13)(H,14,15)/t7?,8-,9+/m0/s1. The van der Waals surface area contributed by atoms with E-state index in [-0.39, 0.29) is 12.0 Å². The maximum Gasteiger partial charge on any atom is 0.332 e. The first-order chi connectivity index (χ1) is 8.66. The molecule has 2 saturated heterocycles. The van der Waals surface area contributed by atoms with Crippen LogP contribution in [0.25, 0.3) is 0 Å². The van der Waals surface area contributed by atoms with Gasteiger partial charge in [-0.1, -0.05) is 0 Å². The minimum Gasteiger partial charge on any atom is -0.479 e. The van der Waals surface area contributed by atoms with Gasteiger partial charge in [0.1, 0.15) is 6.10 Å². The fourth-order valence-corrected chi connectivity index (χ4v) is 1.99. The number of nitrogens with one attached hydrogen (secondary N) is 1. The Morgan fingerprint density at radius 2 is 2.00 bits per heavy atom. The Balaban J connectivity index is 1.70. The van der Waals surface area contributed by atoms with Gasteiger partial charge in [-0.05, 0) is 12.8 Å². The molecule has 2 fully saturated rings. The van der Waals surface area contributed by atoms with Gasteiger partial charge in [0.25, 0.3) is 0 Å². The maximum atomic E-state index is 11.7. The zero-order valence-corrected chi connectivity index (χ0v) is 9.96. The van der Waals surface area contributed by atoms with Crippen LogP contribution in [-0.2, 0) is 23.8 Å². The molecule has 1 amide bonds. The lowest BCUT2D eigenvalue weighted by Crippen LogP contribution is -2.43. The van der Waals surface area contributed by atoms with Crippen molar-refractivity contribution in [2.75, 3.05) is 26.4 Å². The van der Waals surface area contributed by atoms with Gasteiger partial charge in [-0.25, -0.2) is 4.79 Å². The molecule has 0 saturated carbocycles. The number of hydrogen-bond donors (Lipinski definition) is 2. The van der Waals surface area contributed by atoms with E-state index in [1.54, 1.807) is 0 Å². The number of carboxylic acids is 1. The largest absolute Gasteiger partial charge is 0.479 e. The highest BCUT2D eigenvalue weighted by molar-refractivity contribution is 5.82. The summed E-state index contributed by atoms with van der Waals surface area (Å²) in [6.07, 6.45) is -0.869. The molecule has 18 heavy (non-hydrogen) atoms. The van der Waals surface area contributed by atoms with Crippen molar-refractivity contribution in [3.8, 4) is 0 Å². The lowest BCUT2D eigenvalue weighted by molar-refractivity contribution is -0.152. The van der Waals surface area contributed by atoms with Gasteiger partial charge >= 0.3 is 5.97 Å². The Labute approximate surface area is 104 Å². The molecule has 3 atom stereocenters. The summed E-state index contributed by atoms with van der Waals surface area (Å²) in [5.41, 5.74) is 0. The van der Waals surface area contributed by atoms with Crippen molar-refractivity contribution in [1.82, 2.24) is 5.32 Å². The fraction of sp³-hybridized carbons (Fsp3) is 0.818. The fourth-order valence-electron chi connectivity index (χ4n) is 1.99. The number of carbonyl (C=O) groups is 2. The van der Waals surface area contributed by atoms with E-state index in [1.165, 1.54) is 0 Å². The lowest BCUT2D eigenvalue weighted by atomic mass is 10.2. The van der Waals surface area contributed by atoms with Crippen LogP contribution in [0.5, 0.6) is 0 Å². The van der Waals surface area contributed by atoms with E-state index in [9.17, 15) is 9.59 Å². The second-order valence-corrected chi connectivity index (χ2v) is 4.34. The molecule has 7 nitrogen and oxygen atoms in total. The topological polar surface area (TPSA) is 94.1 Å². The number of hydrogen-bond acceptors (Lipinski definition) is 5. The summed E-state index contributed by atoms with van der Waals surface area (Å²) in [7, 11) is 0. The molecular formula is C11H17NO6. The molecule has 2 N–H and O–H groups in total. The van der Waals surface area contributed by atoms with Gasteiger partial charge in [-0.2, -0.15) is 0 Å². The average molecular weight is 259 g/mol. The van der Waals surface area contributed by atoms with Gasteiger partial charge in [0, 0.05) is 6.54 Å². The van der Waals surface area contributed by atoms with Crippen molar-refractivity contribution in [3.05, 3.63) is 0 Å². The van der Waals surface area contributed by atoms with Gasteiger partial charge in [0.15, 0.2) is 6.10 Å². The molecule has 7 heteroatoms. The van der Waals surface area contributed by atoms with Gasteiger partial charge in [0.05, 0.1) is 25.9 Å². The Morgan fingerprint density at radius 3 is 2.61 bits per heavy atom. The van der Waals surface area contributed by atoms with Crippen LogP contribution in [0.4, 0.5) is 0 Å². The second-order valence-electron chi connectivity index (χ2n) is 4.34. The van der Waals surface area contributed by atoms with Gasteiger partial charge in [-0.15, -0.1) is 0 Å². The molecule has 102 valence electrons. The van der Waals surface area contributed by atoms with E-state index in [1.807, 2.05) is 0 Å². The summed E-state index contributed by atoms with van der Waals surface area (Å²) in [6, 6.07) is 0. The first-order valence-electron chi connectivity index (χ1n) is 6.02. The molecular weight excluding hydrogens is 242 g/mol. The third-order valence-corrected chi connectivity index (χ3v) is 2.98. The van der Waals surface area contributed by atoms with E-state index in [0.29, 0.717) is 39.2 Å². The minimum absolute atomic E-state index is 0.139. The smallest absolute Gasteiger partial charge is 0.332 e. The molecule has 2 aliphatic rings. The van der Waals surface area contributed by atoms with Crippen molar-refractivity contribution < 1.29 is 28.9 Å². The number of ether oxygens (including phenoxy) is 3. The summed E-state index contributed by atoms with van der Waals surface area (Å²) in [5.74, 6) is -1.30. The molecule has 2 aliphatic heterocycles. The van der Waals surface area contributed by atoms with Gasteiger partial charge in [0.2, 0.25) is 5.91 Å². The third kappa shape index (κ3) is 3.41. The number of amides is 1. The Hall–Kier alpha value is -1.18. The maximum absolute atomic E-state index is 11.7. The molecule has 2 heterocycles. The molecule has 2 rings (SSSR count). The summed E-state index contributed by atoms with van der Waals surface area (Å²) < 4.78 is 15.7. The lowest BCUT2D eigenvalue weighted by Gasteiger charge is -2.23. The second kappa shape index (κ2) is 6.12. The molecule has 0 aliphatic carbocycles. The quantitative estimate of drug-likeness (QED) is 0.683. The highest BCUT2D eigenvalue weighted by Crippen LogP contribution is 2.19. The monoisotopic (exact) mass is 259 g/mol. The van der Waals surface area contributed by atoms with Crippen LogP contribution < -0.4 is 5.32 Å². The zero-order valence-electron chi connectivity index (χ0n) is 9.96. The first kappa shape index (κ1) is 13.3. The zero-order chi connectivity index (χ0) is 13.0. The molecule has 0 aromatic carbocycles. The van der Waals surface area contributed by atoms with Crippen LogP contribution in [0.15, 0.2) is 0 Å². The van der Waals surface area contributed by atoms with E-state index in [4.69, 9.17) is 19.3 Å². The van der Waals surface area contributed by atoms with Crippen molar-refractivity contribution in [2.24, 2.45) is 0 Å². The Bertz CT molecular complexity index is 315. The van der Waals surface area contributed by atoms with Crippen LogP contribution in [-0.4, -0.2) is 61.7 Å². The van der Waals surface area contributed by atoms with Crippen LogP contribution in [0.2, 0.25) is 0 Å². The van der Waals surface area contributed by atoms with E-state index in [0.717, 1.165) is 0 Å². The predicted molar refractivity (Wildman–Crippen MR) is 59.1 cm³/mol. The molecule has 0 bridgehead atoms. The highest BCUT2D eigenvalue weighted by atomic mass is 16.6. The van der Waals surface area contributed by atoms with E-state index in [2.05, 4.69) is 5.32 Å². The summed E-state index contributed by atoms with van der Waals surface area (Å²) >= 11 is 0. The normalized spacial score (nSPS) is 32.1. The summed E-state index contributed by atoms with van der Waals surface area (Å²) in [5, 5.41) is 11.4. The van der Waals surface area contributed by atoms with E-state index >= 15 is 0 Å². The summed E-state index contributed by atoms with van der Waals surface area (Å²) in [6.45, 7) is 1.93. The predicted octanol–water partition coefficient (Wildman–Crippen LogP) is -0.850. The van der Waals surface area contributed by atoms with Crippen LogP contribution in [0, 0.1) is 0 Å². The molecule has 0 radical (unpaired) electrons. The van der Waals surface area contributed by atoms with Crippen LogP contribution >= 0.6 is 0 Å². The minimum atomic E-state index is -1.02. The van der Waals surface area contributed by atoms with Crippen molar-refractivity contribution in [2.45, 2.75) is 31.2 Å². The highest BCUT2D eigenvalue weighted by Gasteiger charge is 2.34. The molecule has 0 spiro atoms. The number of carboxylic acid groups (broad SMARTS) is 1. The Kier molecular flexibility index (Phi) is 4.51. The van der Waals surface area contributed by atoms with Crippen molar-refractivity contribution in [1.29, 1.82) is 0 Å². The van der Waals surface area contributed by atoms with Gasteiger partial charge in [-0.3, -0.25) is 4.79 Å². The third-order valence-electron chi connectivity index (χ3n) is 2.98. The van der Waals surface area contributed by atoms with Crippen LogP contribution in [0.3, 0.4) is 0 Å². The van der Waals surface area contributed by atoms with Crippen molar-refractivity contribution in [3.63, 3.8) is 0 Å². The Morgan fingerprint density at radius 1 is 1.22 bits per heavy atom. The van der Waals surface area contributed by atoms with Crippen molar-refractivity contribution >= 4 is 11.9 Å². The number of aliphatic carboxylic acids is 1. The SMILES string of the molecule is O=C(NCC1COCCO1)[C@@H]1CC[C@H](C(=O)O)O1. The molecule has 0 aromatic heterocycles. The first-order valence-corrected chi connectivity index (χ1v) is 6.02. The summed E-state index contributed by atoms with van der Waals surface area (Å²) in [4.78, 5) is 22.4.